The molecule has 6 heteroatoms. The van der Waals surface area contributed by atoms with Crippen LogP contribution in [0.25, 0.3) is 0 Å². The van der Waals surface area contributed by atoms with Crippen molar-refractivity contribution >= 4 is 0 Å². The summed E-state index contributed by atoms with van der Waals surface area (Å²) in [5.74, 6) is 0.443. The Kier molecular flexibility index (Phi) is 5.84. The Hall–Kier alpha value is -2.05. The molecule has 3 rings (SSSR count). The fraction of sp³-hybridized carbons (Fsp3) is 0.400. The first-order valence-electron chi connectivity index (χ1n) is 8.81. The number of hydrogen-bond acceptors (Lipinski definition) is 3. The van der Waals surface area contributed by atoms with Gasteiger partial charge in [-0.15, -0.1) is 0 Å². The monoisotopic (exact) mass is 364 g/mol. The SMILES string of the molecule is NCCCN1CCc2ccccc2C(Oc2ccc(C(F)(F)F)cc2)C1. The Labute approximate surface area is 151 Å². The maximum atomic E-state index is 12.7. The van der Waals surface area contributed by atoms with Gasteiger partial charge in [0.05, 0.1) is 5.56 Å². The van der Waals surface area contributed by atoms with E-state index in [1.54, 1.807) is 0 Å². The van der Waals surface area contributed by atoms with Crippen LogP contribution in [0.1, 0.15) is 29.2 Å². The highest BCUT2D eigenvalue weighted by Gasteiger charge is 2.30. The molecule has 2 aromatic rings. The summed E-state index contributed by atoms with van der Waals surface area (Å²) in [4.78, 5) is 2.31. The number of halogens is 3. The molecule has 0 aromatic heterocycles. The van der Waals surface area contributed by atoms with E-state index in [0.29, 0.717) is 18.8 Å². The first-order valence-corrected chi connectivity index (χ1v) is 8.81. The first-order chi connectivity index (χ1) is 12.5. The fourth-order valence-electron chi connectivity index (χ4n) is 3.28. The molecule has 2 N–H and O–H groups in total. The number of fused-ring (bicyclic) bond motifs is 1. The minimum atomic E-state index is -4.34. The van der Waals surface area contributed by atoms with Gasteiger partial charge in [-0.1, -0.05) is 24.3 Å². The second-order valence-electron chi connectivity index (χ2n) is 6.52. The predicted molar refractivity (Wildman–Crippen MR) is 95.1 cm³/mol. The standard InChI is InChI=1S/C20H23F3N2O/c21-20(22,23)16-6-8-17(9-7-16)26-19-14-25(12-3-11-24)13-10-15-4-1-2-5-18(15)19/h1-2,4-9,19H,3,10-14,24H2. The van der Waals surface area contributed by atoms with Crippen molar-refractivity contribution in [3.63, 3.8) is 0 Å². The average Bonchev–Trinajstić information content (AvgIpc) is 2.79. The van der Waals surface area contributed by atoms with Crippen LogP contribution in [0.5, 0.6) is 5.75 Å². The molecular formula is C20H23F3N2O. The lowest BCUT2D eigenvalue weighted by molar-refractivity contribution is -0.137. The van der Waals surface area contributed by atoms with Crippen LogP contribution in [-0.2, 0) is 12.6 Å². The summed E-state index contributed by atoms with van der Waals surface area (Å²) >= 11 is 0. The van der Waals surface area contributed by atoms with Gasteiger partial charge in [-0.25, -0.2) is 0 Å². The minimum absolute atomic E-state index is 0.219. The smallest absolute Gasteiger partial charge is 0.416 e. The molecule has 2 aromatic carbocycles. The van der Waals surface area contributed by atoms with E-state index in [2.05, 4.69) is 11.0 Å². The molecule has 1 heterocycles. The Balaban J connectivity index is 1.80. The van der Waals surface area contributed by atoms with Crippen LogP contribution >= 0.6 is 0 Å². The topological polar surface area (TPSA) is 38.5 Å². The highest BCUT2D eigenvalue weighted by molar-refractivity contribution is 5.34. The van der Waals surface area contributed by atoms with Crippen LogP contribution in [0.3, 0.4) is 0 Å². The second kappa shape index (κ2) is 8.10. The molecular weight excluding hydrogens is 341 g/mol. The largest absolute Gasteiger partial charge is 0.484 e. The van der Waals surface area contributed by atoms with Crippen LogP contribution in [0.15, 0.2) is 48.5 Å². The molecule has 140 valence electrons. The van der Waals surface area contributed by atoms with Crippen LogP contribution in [-0.4, -0.2) is 31.1 Å². The number of ether oxygens (including phenoxy) is 1. The van der Waals surface area contributed by atoms with Gasteiger partial charge in [0.1, 0.15) is 11.9 Å². The van der Waals surface area contributed by atoms with Gasteiger partial charge in [0.15, 0.2) is 0 Å². The lowest BCUT2D eigenvalue weighted by atomic mass is 10.0. The molecule has 0 aliphatic carbocycles. The van der Waals surface area contributed by atoms with Gasteiger partial charge in [0.25, 0.3) is 0 Å². The Morgan fingerprint density at radius 2 is 1.81 bits per heavy atom. The number of benzene rings is 2. The molecule has 0 amide bonds. The van der Waals surface area contributed by atoms with Gasteiger partial charge in [-0.2, -0.15) is 13.2 Å². The van der Waals surface area contributed by atoms with Crippen molar-refractivity contribution in [1.82, 2.24) is 4.90 Å². The second-order valence-corrected chi connectivity index (χ2v) is 6.52. The molecule has 0 saturated heterocycles. The molecule has 3 nitrogen and oxygen atoms in total. The van der Waals surface area contributed by atoms with Crippen molar-refractivity contribution in [1.29, 1.82) is 0 Å². The van der Waals surface area contributed by atoms with Crippen LogP contribution in [0.4, 0.5) is 13.2 Å². The molecule has 0 fully saturated rings. The van der Waals surface area contributed by atoms with Gasteiger partial charge < -0.3 is 10.5 Å². The van der Waals surface area contributed by atoms with Crippen molar-refractivity contribution in [3.05, 3.63) is 65.2 Å². The maximum Gasteiger partial charge on any atom is 0.416 e. The average molecular weight is 364 g/mol. The van der Waals surface area contributed by atoms with Crippen molar-refractivity contribution in [2.24, 2.45) is 5.73 Å². The highest BCUT2D eigenvalue weighted by Crippen LogP contribution is 2.32. The number of alkyl halides is 3. The summed E-state index contributed by atoms with van der Waals surface area (Å²) in [6, 6.07) is 13.0. The van der Waals surface area contributed by atoms with E-state index in [4.69, 9.17) is 10.5 Å². The molecule has 0 saturated carbocycles. The van der Waals surface area contributed by atoms with E-state index < -0.39 is 11.7 Å². The van der Waals surface area contributed by atoms with Crippen LogP contribution < -0.4 is 10.5 Å². The summed E-state index contributed by atoms with van der Waals surface area (Å²) in [5.41, 5.74) is 7.28. The molecule has 0 bridgehead atoms. The minimum Gasteiger partial charge on any atom is -0.484 e. The van der Waals surface area contributed by atoms with E-state index in [1.165, 1.54) is 17.7 Å². The van der Waals surface area contributed by atoms with Gasteiger partial charge in [0.2, 0.25) is 0 Å². The summed E-state index contributed by atoms with van der Waals surface area (Å²) in [6.07, 6.45) is -2.73. The van der Waals surface area contributed by atoms with Crippen molar-refractivity contribution in [3.8, 4) is 5.75 Å². The Bertz CT molecular complexity index is 716. The zero-order chi connectivity index (χ0) is 18.6. The quantitative estimate of drug-likeness (QED) is 0.871. The fourth-order valence-corrected chi connectivity index (χ4v) is 3.28. The third-order valence-electron chi connectivity index (χ3n) is 4.66. The van der Waals surface area contributed by atoms with E-state index in [0.717, 1.165) is 43.6 Å². The van der Waals surface area contributed by atoms with Crippen molar-refractivity contribution < 1.29 is 17.9 Å². The van der Waals surface area contributed by atoms with Crippen molar-refractivity contribution in [2.75, 3.05) is 26.2 Å². The molecule has 1 unspecified atom stereocenters. The van der Waals surface area contributed by atoms with Gasteiger partial charge in [-0.05, 0) is 61.3 Å². The van der Waals surface area contributed by atoms with Crippen LogP contribution in [0.2, 0.25) is 0 Å². The van der Waals surface area contributed by atoms with Gasteiger partial charge >= 0.3 is 6.18 Å². The zero-order valence-electron chi connectivity index (χ0n) is 14.5. The summed E-state index contributed by atoms with van der Waals surface area (Å²) in [7, 11) is 0. The molecule has 26 heavy (non-hydrogen) atoms. The molecule has 1 aliphatic rings. The van der Waals surface area contributed by atoms with Crippen LogP contribution in [0, 0.1) is 0 Å². The third-order valence-corrected chi connectivity index (χ3v) is 4.66. The number of hydrogen-bond donors (Lipinski definition) is 1. The van der Waals surface area contributed by atoms with Gasteiger partial charge in [0, 0.05) is 13.1 Å². The highest BCUT2D eigenvalue weighted by atomic mass is 19.4. The lowest BCUT2D eigenvalue weighted by Crippen LogP contribution is -2.32. The molecule has 1 aliphatic heterocycles. The number of rotatable bonds is 5. The normalized spacial score (nSPS) is 18.2. The zero-order valence-corrected chi connectivity index (χ0v) is 14.5. The van der Waals surface area contributed by atoms with E-state index in [9.17, 15) is 13.2 Å². The van der Waals surface area contributed by atoms with Gasteiger partial charge in [-0.3, -0.25) is 4.90 Å². The molecule has 0 radical (unpaired) electrons. The Morgan fingerprint density at radius 1 is 1.08 bits per heavy atom. The van der Waals surface area contributed by atoms with E-state index in [-0.39, 0.29) is 6.10 Å². The predicted octanol–water partition coefficient (Wildman–Crippen LogP) is 4.03. The Morgan fingerprint density at radius 3 is 2.50 bits per heavy atom. The first kappa shape index (κ1) is 18.7. The summed E-state index contributed by atoms with van der Waals surface area (Å²) in [6.45, 7) is 3.13. The number of nitrogens with two attached hydrogens (primary N) is 1. The number of nitrogens with zero attached hydrogens (tertiary/aromatic N) is 1. The molecule has 0 spiro atoms. The molecule has 1 atom stereocenters. The van der Waals surface area contributed by atoms with Crippen molar-refractivity contribution in [2.45, 2.75) is 25.1 Å². The lowest BCUT2D eigenvalue weighted by Gasteiger charge is -2.25. The van der Waals surface area contributed by atoms with E-state index >= 15 is 0 Å². The van der Waals surface area contributed by atoms with E-state index in [1.807, 2.05) is 18.2 Å². The maximum absolute atomic E-state index is 12.7. The summed E-state index contributed by atoms with van der Waals surface area (Å²) in [5, 5.41) is 0. The third kappa shape index (κ3) is 4.56. The summed E-state index contributed by atoms with van der Waals surface area (Å²) < 4.78 is 44.3.